The Kier molecular flexibility index (Phi) is 6.73. The largest absolute Gasteiger partial charge is 0.297 e. The molecule has 1 aliphatic rings. The SMILES string of the molecule is CC(C)N(CCNS(=O)(=O)N1CCCCC1)C(C)C. The van der Waals surface area contributed by atoms with Gasteiger partial charge in [-0.05, 0) is 40.5 Å². The summed E-state index contributed by atoms with van der Waals surface area (Å²) in [7, 11) is -3.27. The van der Waals surface area contributed by atoms with Crippen LogP contribution < -0.4 is 4.72 Å². The van der Waals surface area contributed by atoms with E-state index in [9.17, 15) is 8.42 Å². The normalized spacial score (nSPS) is 18.7. The van der Waals surface area contributed by atoms with E-state index in [1.54, 1.807) is 4.31 Å². The molecule has 1 fully saturated rings. The van der Waals surface area contributed by atoms with Crippen LogP contribution in [0.2, 0.25) is 0 Å². The maximum Gasteiger partial charge on any atom is 0.279 e. The molecule has 0 spiro atoms. The molecule has 0 aromatic rings. The summed E-state index contributed by atoms with van der Waals surface area (Å²) in [4.78, 5) is 2.29. The number of rotatable bonds is 7. The number of piperidine rings is 1. The van der Waals surface area contributed by atoms with Gasteiger partial charge in [-0.1, -0.05) is 6.42 Å². The molecule has 0 aliphatic carbocycles. The third-order valence-electron chi connectivity index (χ3n) is 3.64. The van der Waals surface area contributed by atoms with Gasteiger partial charge in [0.25, 0.3) is 10.2 Å². The third kappa shape index (κ3) is 5.38. The van der Waals surface area contributed by atoms with E-state index < -0.39 is 10.2 Å². The quantitative estimate of drug-likeness (QED) is 0.772. The molecular formula is C13H29N3O2S. The average molecular weight is 291 g/mol. The summed E-state index contributed by atoms with van der Waals surface area (Å²) >= 11 is 0. The van der Waals surface area contributed by atoms with Crippen molar-refractivity contribution in [3.8, 4) is 0 Å². The molecule has 6 heteroatoms. The lowest BCUT2D eigenvalue weighted by atomic mass is 10.2. The number of nitrogens with one attached hydrogen (secondary N) is 1. The zero-order valence-corrected chi connectivity index (χ0v) is 13.5. The first-order valence-corrected chi connectivity index (χ1v) is 8.79. The Hall–Kier alpha value is -0.170. The van der Waals surface area contributed by atoms with Gasteiger partial charge < -0.3 is 0 Å². The van der Waals surface area contributed by atoms with Crippen molar-refractivity contribution in [1.29, 1.82) is 0 Å². The van der Waals surface area contributed by atoms with Crippen molar-refractivity contribution in [3.05, 3.63) is 0 Å². The number of hydrogen-bond donors (Lipinski definition) is 1. The highest BCUT2D eigenvalue weighted by Gasteiger charge is 2.23. The molecule has 0 unspecified atom stereocenters. The van der Waals surface area contributed by atoms with Crippen LogP contribution in [0.3, 0.4) is 0 Å². The Balaban J connectivity index is 2.42. The fraction of sp³-hybridized carbons (Fsp3) is 1.00. The third-order valence-corrected chi connectivity index (χ3v) is 5.25. The van der Waals surface area contributed by atoms with Crippen molar-refractivity contribution in [2.45, 2.75) is 59.0 Å². The minimum Gasteiger partial charge on any atom is -0.297 e. The van der Waals surface area contributed by atoms with Crippen molar-refractivity contribution < 1.29 is 8.42 Å². The van der Waals surface area contributed by atoms with E-state index in [0.29, 0.717) is 31.7 Å². The van der Waals surface area contributed by atoms with Crippen LogP contribution in [0.1, 0.15) is 47.0 Å². The fourth-order valence-corrected chi connectivity index (χ4v) is 3.88. The Morgan fingerprint density at radius 3 is 2.05 bits per heavy atom. The van der Waals surface area contributed by atoms with E-state index >= 15 is 0 Å². The van der Waals surface area contributed by atoms with Crippen LogP contribution in [0, 0.1) is 0 Å². The molecule has 0 aromatic heterocycles. The van der Waals surface area contributed by atoms with Gasteiger partial charge in [-0.25, -0.2) is 4.72 Å². The summed E-state index contributed by atoms with van der Waals surface area (Å²) in [5, 5.41) is 0. The fourth-order valence-electron chi connectivity index (χ4n) is 2.61. The maximum absolute atomic E-state index is 12.1. The first kappa shape index (κ1) is 16.9. The summed E-state index contributed by atoms with van der Waals surface area (Å²) in [5.74, 6) is 0. The molecule has 0 atom stereocenters. The predicted octanol–water partition coefficient (Wildman–Crippen LogP) is 1.43. The maximum atomic E-state index is 12.1. The Morgan fingerprint density at radius 2 is 1.58 bits per heavy atom. The first-order valence-electron chi connectivity index (χ1n) is 7.35. The van der Waals surface area contributed by atoms with Gasteiger partial charge in [0.05, 0.1) is 0 Å². The van der Waals surface area contributed by atoms with Crippen LogP contribution in [-0.4, -0.2) is 55.9 Å². The molecule has 5 nitrogen and oxygen atoms in total. The smallest absolute Gasteiger partial charge is 0.279 e. The Labute approximate surface area is 118 Å². The van der Waals surface area contributed by atoms with Gasteiger partial charge in [-0.3, -0.25) is 4.90 Å². The van der Waals surface area contributed by atoms with Crippen LogP contribution in [0.4, 0.5) is 0 Å². The van der Waals surface area contributed by atoms with Crippen LogP contribution >= 0.6 is 0 Å². The number of nitrogens with zero attached hydrogens (tertiary/aromatic N) is 2. The topological polar surface area (TPSA) is 52.7 Å². The molecule has 1 aliphatic heterocycles. The standard InChI is InChI=1S/C13H29N3O2S/c1-12(2)16(13(3)4)11-8-14-19(17,18)15-9-6-5-7-10-15/h12-14H,5-11H2,1-4H3. The summed E-state index contributed by atoms with van der Waals surface area (Å²) in [6.45, 7) is 11.1. The Bertz CT molecular complexity index is 341. The lowest BCUT2D eigenvalue weighted by Crippen LogP contribution is -2.47. The summed E-state index contributed by atoms with van der Waals surface area (Å²) < 4.78 is 28.5. The summed E-state index contributed by atoms with van der Waals surface area (Å²) in [6, 6.07) is 0.860. The van der Waals surface area contributed by atoms with Crippen molar-refractivity contribution >= 4 is 10.2 Å². The van der Waals surface area contributed by atoms with Crippen molar-refractivity contribution in [2.24, 2.45) is 0 Å². The van der Waals surface area contributed by atoms with Crippen molar-refractivity contribution in [3.63, 3.8) is 0 Å². The van der Waals surface area contributed by atoms with E-state index in [1.165, 1.54) is 0 Å². The van der Waals surface area contributed by atoms with E-state index in [-0.39, 0.29) is 0 Å². The highest BCUT2D eigenvalue weighted by molar-refractivity contribution is 7.87. The molecule has 0 aromatic carbocycles. The molecule has 1 rings (SSSR count). The van der Waals surface area contributed by atoms with Crippen molar-refractivity contribution in [2.75, 3.05) is 26.2 Å². The first-order chi connectivity index (χ1) is 8.84. The molecule has 1 N–H and O–H groups in total. The molecule has 0 radical (unpaired) electrons. The van der Waals surface area contributed by atoms with Crippen LogP contribution in [0.5, 0.6) is 0 Å². The summed E-state index contributed by atoms with van der Waals surface area (Å²) in [5.41, 5.74) is 0. The molecule has 0 bridgehead atoms. The van der Waals surface area contributed by atoms with Gasteiger partial charge in [0.2, 0.25) is 0 Å². The summed E-state index contributed by atoms with van der Waals surface area (Å²) in [6.07, 6.45) is 3.09. The van der Waals surface area contributed by atoms with Gasteiger partial charge in [0, 0.05) is 38.3 Å². The zero-order chi connectivity index (χ0) is 14.5. The molecule has 0 saturated carbocycles. The van der Waals surface area contributed by atoms with Gasteiger partial charge in [-0.2, -0.15) is 12.7 Å². The van der Waals surface area contributed by atoms with Gasteiger partial charge in [0.1, 0.15) is 0 Å². The molecule has 0 amide bonds. The number of hydrogen-bond acceptors (Lipinski definition) is 3. The van der Waals surface area contributed by atoms with E-state index in [0.717, 1.165) is 25.8 Å². The molecule has 1 heterocycles. The second kappa shape index (κ2) is 7.57. The molecule has 114 valence electrons. The molecule has 19 heavy (non-hydrogen) atoms. The Morgan fingerprint density at radius 1 is 1.05 bits per heavy atom. The van der Waals surface area contributed by atoms with Gasteiger partial charge >= 0.3 is 0 Å². The highest BCUT2D eigenvalue weighted by atomic mass is 32.2. The van der Waals surface area contributed by atoms with Crippen LogP contribution in [0.15, 0.2) is 0 Å². The minimum atomic E-state index is -3.27. The van der Waals surface area contributed by atoms with Gasteiger partial charge in [-0.15, -0.1) is 0 Å². The van der Waals surface area contributed by atoms with E-state index in [4.69, 9.17) is 0 Å². The van der Waals surface area contributed by atoms with E-state index in [2.05, 4.69) is 37.3 Å². The zero-order valence-electron chi connectivity index (χ0n) is 12.7. The second-order valence-corrected chi connectivity index (χ2v) is 7.54. The molecular weight excluding hydrogens is 262 g/mol. The van der Waals surface area contributed by atoms with Crippen molar-refractivity contribution in [1.82, 2.24) is 13.9 Å². The van der Waals surface area contributed by atoms with Gasteiger partial charge in [0.15, 0.2) is 0 Å². The second-order valence-electron chi connectivity index (χ2n) is 5.78. The minimum absolute atomic E-state index is 0.430. The lowest BCUT2D eigenvalue weighted by Gasteiger charge is -2.31. The van der Waals surface area contributed by atoms with Crippen LogP contribution in [-0.2, 0) is 10.2 Å². The van der Waals surface area contributed by atoms with Crippen LogP contribution in [0.25, 0.3) is 0 Å². The average Bonchev–Trinajstić information content (AvgIpc) is 2.34. The molecule has 1 saturated heterocycles. The predicted molar refractivity (Wildman–Crippen MR) is 79.3 cm³/mol. The monoisotopic (exact) mass is 291 g/mol. The van der Waals surface area contributed by atoms with E-state index in [1.807, 2.05) is 0 Å². The lowest BCUT2D eigenvalue weighted by molar-refractivity contribution is 0.178. The highest BCUT2D eigenvalue weighted by Crippen LogP contribution is 2.11.